The van der Waals surface area contributed by atoms with Gasteiger partial charge in [0, 0.05) is 24.2 Å². The van der Waals surface area contributed by atoms with Crippen molar-refractivity contribution < 1.29 is 24.3 Å². The molecule has 0 bridgehead atoms. The molecule has 3 aromatic rings. The van der Waals surface area contributed by atoms with Crippen molar-refractivity contribution in [1.82, 2.24) is 20.6 Å². The monoisotopic (exact) mass is 477 g/mol. The first-order chi connectivity index (χ1) is 16.9. The largest absolute Gasteiger partial charge is 0.481 e. The van der Waals surface area contributed by atoms with Crippen LogP contribution in [0.25, 0.3) is 11.0 Å². The Bertz CT molecular complexity index is 1180. The Kier molecular flexibility index (Phi) is 9.23. The van der Waals surface area contributed by atoms with Crippen LogP contribution in [-0.2, 0) is 14.4 Å². The number of fused-ring (bicyclic) bond motifs is 1. The van der Waals surface area contributed by atoms with Gasteiger partial charge >= 0.3 is 5.97 Å². The minimum atomic E-state index is -1.15. The van der Waals surface area contributed by atoms with Crippen LogP contribution in [-0.4, -0.2) is 51.7 Å². The molecule has 0 aliphatic rings. The number of aliphatic carboxylic acids is 1. The van der Waals surface area contributed by atoms with E-state index in [4.69, 9.17) is 5.11 Å². The van der Waals surface area contributed by atoms with E-state index in [9.17, 15) is 19.2 Å². The second kappa shape index (κ2) is 12.8. The molecule has 10 nitrogen and oxygen atoms in total. The highest BCUT2D eigenvalue weighted by Gasteiger charge is 2.14. The first-order valence-electron chi connectivity index (χ1n) is 11.3. The van der Waals surface area contributed by atoms with Crippen molar-refractivity contribution in [2.45, 2.75) is 38.1 Å². The minimum Gasteiger partial charge on any atom is -0.481 e. The number of carboxylic acids is 1. The molecule has 1 unspecified atom stereocenters. The van der Waals surface area contributed by atoms with E-state index in [0.29, 0.717) is 43.5 Å². The fourth-order valence-corrected chi connectivity index (χ4v) is 3.36. The fraction of sp³-hybridized carbons (Fsp3) is 0.280. The summed E-state index contributed by atoms with van der Waals surface area (Å²) in [6.45, 7) is 0.461. The lowest BCUT2D eigenvalue weighted by Gasteiger charge is -2.10. The van der Waals surface area contributed by atoms with Gasteiger partial charge < -0.3 is 25.9 Å². The van der Waals surface area contributed by atoms with Crippen molar-refractivity contribution in [2.24, 2.45) is 0 Å². The number of rotatable bonds is 13. The van der Waals surface area contributed by atoms with Gasteiger partial charge in [-0.15, -0.1) is 0 Å². The number of aromatic nitrogens is 2. The molecular formula is C25H27N5O5. The van der Waals surface area contributed by atoms with Crippen LogP contribution in [0.2, 0.25) is 0 Å². The summed E-state index contributed by atoms with van der Waals surface area (Å²) in [5, 5.41) is 17.1. The number of benzene rings is 2. The first-order valence-corrected chi connectivity index (χ1v) is 11.3. The number of carboxylic acid groups (broad SMARTS) is 1. The van der Waals surface area contributed by atoms with Crippen LogP contribution in [0.5, 0.6) is 0 Å². The molecule has 35 heavy (non-hydrogen) atoms. The summed E-state index contributed by atoms with van der Waals surface area (Å²) in [6, 6.07) is 13.6. The summed E-state index contributed by atoms with van der Waals surface area (Å²) in [4.78, 5) is 54.4. The standard InChI is InChI=1S/C25H27N5O5/c31-16-19(14-24(33)34)29-23(32)8-2-1-5-13-26-25(35)17-9-11-18(12-10-17)28-22-15-27-20-6-3-4-7-21(20)30-22/h3-4,6-7,9-12,15-16,19H,1-2,5,8,13-14H2,(H,26,35)(H,28,30)(H,29,32)(H,33,34). The van der Waals surface area contributed by atoms with Crippen molar-refractivity contribution in [3.05, 3.63) is 60.3 Å². The van der Waals surface area contributed by atoms with E-state index < -0.39 is 18.4 Å². The molecule has 1 heterocycles. The zero-order chi connectivity index (χ0) is 25.0. The van der Waals surface area contributed by atoms with E-state index in [1.165, 1.54) is 0 Å². The molecule has 0 spiro atoms. The minimum absolute atomic E-state index is 0.188. The van der Waals surface area contributed by atoms with E-state index in [1.54, 1.807) is 30.5 Å². The number of aldehydes is 1. The smallest absolute Gasteiger partial charge is 0.305 e. The molecule has 0 radical (unpaired) electrons. The molecule has 182 valence electrons. The zero-order valence-corrected chi connectivity index (χ0v) is 19.1. The zero-order valence-electron chi connectivity index (χ0n) is 19.1. The predicted octanol–water partition coefficient (Wildman–Crippen LogP) is 2.82. The van der Waals surface area contributed by atoms with Crippen LogP contribution in [0.4, 0.5) is 11.5 Å². The van der Waals surface area contributed by atoms with E-state index in [0.717, 1.165) is 16.7 Å². The maximum absolute atomic E-state index is 12.3. The Morgan fingerprint density at radius 1 is 0.971 bits per heavy atom. The van der Waals surface area contributed by atoms with Crippen LogP contribution < -0.4 is 16.0 Å². The fourth-order valence-electron chi connectivity index (χ4n) is 3.36. The lowest BCUT2D eigenvalue weighted by Crippen LogP contribution is -2.37. The third kappa shape index (κ3) is 8.18. The van der Waals surface area contributed by atoms with Gasteiger partial charge in [-0.25, -0.2) is 4.98 Å². The highest BCUT2D eigenvalue weighted by atomic mass is 16.4. The average molecular weight is 478 g/mol. The molecule has 0 saturated carbocycles. The van der Waals surface area contributed by atoms with Crippen LogP contribution in [0.1, 0.15) is 42.5 Å². The number of hydrogen-bond acceptors (Lipinski definition) is 7. The van der Waals surface area contributed by atoms with Gasteiger partial charge in [-0.1, -0.05) is 18.6 Å². The Hall–Kier alpha value is -4.34. The molecule has 2 amide bonds. The lowest BCUT2D eigenvalue weighted by atomic mass is 10.1. The summed E-state index contributed by atoms with van der Waals surface area (Å²) >= 11 is 0. The second-order valence-corrected chi connectivity index (χ2v) is 7.92. The first kappa shape index (κ1) is 25.3. The van der Waals surface area contributed by atoms with Crippen LogP contribution in [0.3, 0.4) is 0 Å². The van der Waals surface area contributed by atoms with Crippen molar-refractivity contribution in [2.75, 3.05) is 11.9 Å². The second-order valence-electron chi connectivity index (χ2n) is 7.92. The number of carbonyl (C=O) groups excluding carboxylic acids is 3. The molecule has 0 fully saturated rings. The highest BCUT2D eigenvalue weighted by Crippen LogP contribution is 2.17. The molecule has 1 aromatic heterocycles. The molecule has 4 N–H and O–H groups in total. The summed E-state index contributed by atoms with van der Waals surface area (Å²) in [6.07, 6.45) is 3.78. The van der Waals surface area contributed by atoms with E-state index in [2.05, 4.69) is 25.9 Å². The molecule has 0 saturated heterocycles. The van der Waals surface area contributed by atoms with Gasteiger partial charge in [0.05, 0.1) is 29.7 Å². The number of hydrogen-bond donors (Lipinski definition) is 4. The molecule has 3 rings (SSSR count). The molecule has 10 heteroatoms. The van der Waals surface area contributed by atoms with Gasteiger partial charge in [0.15, 0.2) is 0 Å². The maximum atomic E-state index is 12.3. The van der Waals surface area contributed by atoms with E-state index in [1.807, 2.05) is 24.3 Å². The van der Waals surface area contributed by atoms with Gasteiger partial charge in [-0.2, -0.15) is 0 Å². The van der Waals surface area contributed by atoms with Gasteiger partial charge in [-0.3, -0.25) is 19.4 Å². The van der Waals surface area contributed by atoms with E-state index >= 15 is 0 Å². The number of carbonyl (C=O) groups is 4. The SMILES string of the molecule is O=CC(CC(=O)O)NC(=O)CCCCCNC(=O)c1ccc(Nc2cnc3ccccc3n2)cc1. The summed E-state index contributed by atoms with van der Waals surface area (Å²) in [5.74, 6) is -1.10. The van der Waals surface area contributed by atoms with Crippen LogP contribution in [0, 0.1) is 0 Å². The van der Waals surface area contributed by atoms with Crippen LogP contribution >= 0.6 is 0 Å². The Balaban J connectivity index is 1.35. The Morgan fingerprint density at radius 2 is 1.71 bits per heavy atom. The average Bonchev–Trinajstić information content (AvgIpc) is 2.85. The maximum Gasteiger partial charge on any atom is 0.305 e. The van der Waals surface area contributed by atoms with Crippen molar-refractivity contribution in [3.8, 4) is 0 Å². The molecule has 2 aromatic carbocycles. The number of nitrogens with one attached hydrogen (secondary N) is 3. The van der Waals surface area contributed by atoms with Gasteiger partial charge in [0.2, 0.25) is 5.91 Å². The van der Waals surface area contributed by atoms with Gasteiger partial charge in [0.25, 0.3) is 5.91 Å². The van der Waals surface area contributed by atoms with Crippen molar-refractivity contribution >= 4 is 46.6 Å². The molecule has 0 aliphatic carbocycles. The van der Waals surface area contributed by atoms with Gasteiger partial charge in [-0.05, 0) is 49.2 Å². The lowest BCUT2D eigenvalue weighted by molar-refractivity contribution is -0.138. The molecular weight excluding hydrogens is 450 g/mol. The van der Waals surface area contributed by atoms with E-state index in [-0.39, 0.29) is 18.2 Å². The number of anilines is 2. The molecule has 1 atom stereocenters. The third-order valence-electron chi connectivity index (χ3n) is 5.14. The third-order valence-corrected chi connectivity index (χ3v) is 5.14. The molecule has 0 aliphatic heterocycles. The summed E-state index contributed by atoms with van der Waals surface area (Å²) < 4.78 is 0. The summed E-state index contributed by atoms with van der Waals surface area (Å²) in [5.41, 5.74) is 2.91. The Labute approximate surface area is 202 Å². The number of para-hydroxylation sites is 2. The quantitative estimate of drug-likeness (QED) is 0.217. The van der Waals surface area contributed by atoms with Gasteiger partial charge in [0.1, 0.15) is 12.1 Å². The predicted molar refractivity (Wildman–Crippen MR) is 130 cm³/mol. The van der Waals surface area contributed by atoms with Crippen molar-refractivity contribution in [3.63, 3.8) is 0 Å². The summed E-state index contributed by atoms with van der Waals surface area (Å²) in [7, 11) is 0. The number of nitrogens with zero attached hydrogens (tertiary/aromatic N) is 2. The highest BCUT2D eigenvalue weighted by molar-refractivity contribution is 5.94. The normalized spacial score (nSPS) is 11.4. The number of unbranched alkanes of at least 4 members (excludes halogenated alkanes) is 2. The van der Waals surface area contributed by atoms with Crippen LogP contribution in [0.15, 0.2) is 54.7 Å². The topological polar surface area (TPSA) is 150 Å². The van der Waals surface area contributed by atoms with Crippen molar-refractivity contribution in [1.29, 1.82) is 0 Å². The Morgan fingerprint density at radius 3 is 2.43 bits per heavy atom. The number of amides is 2.